The Morgan fingerprint density at radius 2 is 2.32 bits per heavy atom. The third-order valence-corrected chi connectivity index (χ3v) is 3.84. The summed E-state index contributed by atoms with van der Waals surface area (Å²) in [5.74, 6) is 6.90. The molecule has 0 amide bonds. The van der Waals surface area contributed by atoms with Crippen molar-refractivity contribution in [2.45, 2.75) is 45.4 Å². The van der Waals surface area contributed by atoms with E-state index in [1.165, 1.54) is 0 Å². The largest absolute Gasteiger partial charge is 0.493 e. The van der Waals surface area contributed by atoms with Gasteiger partial charge in [-0.2, -0.15) is 5.10 Å². The Balaban J connectivity index is 2.38. The molecular weight excluding hydrogens is 244 g/mol. The molecule has 1 saturated heterocycles. The van der Waals surface area contributed by atoms with E-state index in [4.69, 9.17) is 15.3 Å². The van der Waals surface area contributed by atoms with Gasteiger partial charge in [-0.25, -0.2) is 0 Å². The minimum Gasteiger partial charge on any atom is -0.493 e. The van der Waals surface area contributed by atoms with Gasteiger partial charge in [-0.15, -0.1) is 0 Å². The lowest BCUT2D eigenvalue weighted by atomic mass is 9.91. The molecule has 3 unspecified atom stereocenters. The fourth-order valence-corrected chi connectivity index (χ4v) is 2.81. The molecule has 6 heteroatoms. The number of rotatable bonds is 5. The van der Waals surface area contributed by atoms with E-state index in [2.05, 4.69) is 31.3 Å². The second kappa shape index (κ2) is 5.90. The van der Waals surface area contributed by atoms with Gasteiger partial charge >= 0.3 is 0 Å². The highest BCUT2D eigenvalue weighted by atomic mass is 16.5. The number of hydrogen-bond donors (Lipinski definition) is 2. The number of nitrogens with two attached hydrogens (primary N) is 1. The van der Waals surface area contributed by atoms with Crippen LogP contribution in [0.4, 0.5) is 0 Å². The van der Waals surface area contributed by atoms with Gasteiger partial charge in [0.15, 0.2) is 5.75 Å². The van der Waals surface area contributed by atoms with Crippen molar-refractivity contribution in [3.8, 4) is 5.75 Å². The first-order valence-electron chi connectivity index (χ1n) is 6.79. The minimum absolute atomic E-state index is 0.0163. The summed E-state index contributed by atoms with van der Waals surface area (Å²) in [5, 5.41) is 4.41. The maximum absolute atomic E-state index is 5.80. The molecule has 1 fully saturated rings. The smallest absolute Gasteiger partial charge is 0.161 e. The molecule has 0 radical (unpaired) electrons. The van der Waals surface area contributed by atoms with Gasteiger partial charge in [0.05, 0.1) is 31.1 Å². The lowest BCUT2D eigenvalue weighted by molar-refractivity contribution is 0.0937. The quantitative estimate of drug-likeness (QED) is 0.624. The lowest BCUT2D eigenvalue weighted by Crippen LogP contribution is -2.38. The Morgan fingerprint density at radius 1 is 1.58 bits per heavy atom. The van der Waals surface area contributed by atoms with Crippen LogP contribution >= 0.6 is 0 Å². The Morgan fingerprint density at radius 3 is 2.79 bits per heavy atom. The molecule has 1 aromatic rings. The molecule has 1 aliphatic rings. The summed E-state index contributed by atoms with van der Waals surface area (Å²) in [5.41, 5.74) is 3.93. The molecule has 3 N–H and O–H groups in total. The molecule has 19 heavy (non-hydrogen) atoms. The average molecular weight is 268 g/mol. The summed E-state index contributed by atoms with van der Waals surface area (Å²) in [4.78, 5) is 0. The van der Waals surface area contributed by atoms with E-state index in [1.54, 1.807) is 13.3 Å². The van der Waals surface area contributed by atoms with E-state index in [0.717, 1.165) is 24.5 Å². The van der Waals surface area contributed by atoms with Gasteiger partial charge < -0.3 is 9.47 Å². The number of nitrogens with one attached hydrogen (secondary N) is 1. The molecule has 0 spiro atoms. The van der Waals surface area contributed by atoms with Crippen molar-refractivity contribution >= 4 is 0 Å². The van der Waals surface area contributed by atoms with E-state index in [9.17, 15) is 0 Å². The zero-order valence-electron chi connectivity index (χ0n) is 12.1. The molecule has 2 rings (SSSR count). The first kappa shape index (κ1) is 14.3. The van der Waals surface area contributed by atoms with Crippen LogP contribution in [0.25, 0.3) is 0 Å². The van der Waals surface area contributed by atoms with Crippen LogP contribution in [0, 0.1) is 5.92 Å². The van der Waals surface area contributed by atoms with Gasteiger partial charge in [-0.3, -0.25) is 16.0 Å². The molecule has 6 nitrogen and oxygen atoms in total. The summed E-state index contributed by atoms with van der Waals surface area (Å²) >= 11 is 0. The molecule has 2 heterocycles. The summed E-state index contributed by atoms with van der Waals surface area (Å²) in [6.07, 6.45) is 2.92. The standard InChI is InChI=1S/C13H24N4O2/c1-8(2)17-13(11(18-4)7-15-17)12(16-14)10-5-6-19-9(10)3/h7-10,12,16H,5-6,14H2,1-4H3. The maximum atomic E-state index is 5.80. The summed E-state index contributed by atoms with van der Waals surface area (Å²) in [6.45, 7) is 7.06. The second-order valence-electron chi connectivity index (χ2n) is 5.31. The van der Waals surface area contributed by atoms with Crippen LogP contribution in [0.15, 0.2) is 6.20 Å². The van der Waals surface area contributed by atoms with E-state index < -0.39 is 0 Å². The first-order valence-corrected chi connectivity index (χ1v) is 6.79. The van der Waals surface area contributed by atoms with Crippen molar-refractivity contribution < 1.29 is 9.47 Å². The van der Waals surface area contributed by atoms with E-state index in [-0.39, 0.29) is 18.2 Å². The maximum Gasteiger partial charge on any atom is 0.161 e. The molecule has 0 aliphatic carbocycles. The number of ether oxygens (including phenoxy) is 2. The van der Waals surface area contributed by atoms with Crippen LogP contribution in [0.5, 0.6) is 5.75 Å². The van der Waals surface area contributed by atoms with Crippen LogP contribution < -0.4 is 16.0 Å². The Hall–Kier alpha value is -1.11. The summed E-state index contributed by atoms with van der Waals surface area (Å²) < 4.78 is 13.1. The molecule has 1 aliphatic heterocycles. The molecule has 0 bridgehead atoms. The van der Waals surface area contributed by atoms with Crippen LogP contribution in [0.2, 0.25) is 0 Å². The van der Waals surface area contributed by atoms with Crippen LogP contribution in [0.3, 0.4) is 0 Å². The van der Waals surface area contributed by atoms with Crippen molar-refractivity contribution in [1.82, 2.24) is 15.2 Å². The Labute approximate surface area is 114 Å². The highest BCUT2D eigenvalue weighted by molar-refractivity contribution is 5.29. The summed E-state index contributed by atoms with van der Waals surface area (Å²) in [7, 11) is 1.66. The van der Waals surface area contributed by atoms with Crippen LogP contribution in [0.1, 0.15) is 45.0 Å². The van der Waals surface area contributed by atoms with Gasteiger partial charge in [0.25, 0.3) is 0 Å². The second-order valence-corrected chi connectivity index (χ2v) is 5.31. The molecule has 108 valence electrons. The lowest BCUT2D eigenvalue weighted by Gasteiger charge is -2.27. The highest BCUT2D eigenvalue weighted by Gasteiger charge is 2.36. The molecule has 3 atom stereocenters. The number of hydrogen-bond acceptors (Lipinski definition) is 5. The predicted molar refractivity (Wildman–Crippen MR) is 72.7 cm³/mol. The van der Waals surface area contributed by atoms with Gasteiger partial charge in [0.1, 0.15) is 0 Å². The number of hydrazine groups is 1. The molecule has 1 aromatic heterocycles. The van der Waals surface area contributed by atoms with E-state index >= 15 is 0 Å². The van der Waals surface area contributed by atoms with E-state index in [1.807, 2.05) is 4.68 Å². The highest BCUT2D eigenvalue weighted by Crippen LogP contribution is 2.37. The fraction of sp³-hybridized carbons (Fsp3) is 0.769. The topological polar surface area (TPSA) is 74.3 Å². The Bertz CT molecular complexity index is 419. The molecule has 0 aromatic carbocycles. The van der Waals surface area contributed by atoms with Crippen molar-refractivity contribution in [2.75, 3.05) is 13.7 Å². The zero-order valence-corrected chi connectivity index (χ0v) is 12.1. The SMILES string of the molecule is COc1cnn(C(C)C)c1C(NN)C1CCOC1C. The minimum atomic E-state index is -0.0163. The number of methoxy groups -OCH3 is 1. The predicted octanol–water partition coefficient (Wildman–Crippen LogP) is 1.40. The van der Waals surface area contributed by atoms with Crippen molar-refractivity contribution in [1.29, 1.82) is 0 Å². The van der Waals surface area contributed by atoms with Crippen LogP contribution in [-0.2, 0) is 4.74 Å². The monoisotopic (exact) mass is 268 g/mol. The van der Waals surface area contributed by atoms with Gasteiger partial charge in [0, 0.05) is 18.6 Å². The van der Waals surface area contributed by atoms with E-state index in [0.29, 0.717) is 5.92 Å². The number of aromatic nitrogens is 2. The van der Waals surface area contributed by atoms with Gasteiger partial charge in [-0.1, -0.05) is 0 Å². The average Bonchev–Trinajstić information content (AvgIpc) is 2.98. The first-order chi connectivity index (χ1) is 9.10. The third-order valence-electron chi connectivity index (χ3n) is 3.84. The van der Waals surface area contributed by atoms with Crippen molar-refractivity contribution in [2.24, 2.45) is 11.8 Å². The Kier molecular flexibility index (Phi) is 4.44. The van der Waals surface area contributed by atoms with Crippen LogP contribution in [-0.4, -0.2) is 29.6 Å². The third kappa shape index (κ3) is 2.61. The molecule has 0 saturated carbocycles. The summed E-state index contributed by atoms with van der Waals surface area (Å²) in [6, 6.07) is 0.240. The van der Waals surface area contributed by atoms with Gasteiger partial charge in [0.2, 0.25) is 0 Å². The fourth-order valence-electron chi connectivity index (χ4n) is 2.81. The van der Waals surface area contributed by atoms with Crippen molar-refractivity contribution in [3.63, 3.8) is 0 Å². The van der Waals surface area contributed by atoms with Gasteiger partial charge in [-0.05, 0) is 27.2 Å². The van der Waals surface area contributed by atoms with Crippen molar-refractivity contribution in [3.05, 3.63) is 11.9 Å². The zero-order chi connectivity index (χ0) is 14.0. The number of nitrogens with zero attached hydrogens (tertiary/aromatic N) is 2. The normalized spacial score (nSPS) is 24.9. The molecular formula is C13H24N4O2.